The molecule has 1 fully saturated rings. The molecular weight excluding hydrogens is 384 g/mol. The highest BCUT2D eigenvalue weighted by Gasteiger charge is 2.30. The monoisotopic (exact) mass is 410 g/mol. The number of ether oxygens (including phenoxy) is 1. The summed E-state index contributed by atoms with van der Waals surface area (Å²) in [6.45, 7) is 0.975. The first-order valence-corrected chi connectivity index (χ1v) is 11.1. The van der Waals surface area contributed by atoms with E-state index >= 15 is 0 Å². The van der Waals surface area contributed by atoms with Crippen molar-refractivity contribution in [2.75, 3.05) is 26.5 Å². The van der Waals surface area contributed by atoms with E-state index in [-0.39, 0.29) is 41.9 Å². The predicted molar refractivity (Wildman–Crippen MR) is 102 cm³/mol. The molecule has 0 N–H and O–H groups in total. The average Bonchev–Trinajstić information content (AvgIpc) is 3.14. The van der Waals surface area contributed by atoms with Crippen molar-refractivity contribution >= 4 is 27.6 Å². The van der Waals surface area contributed by atoms with Crippen LogP contribution in [0.1, 0.15) is 37.7 Å². The maximum atomic E-state index is 12.6. The first-order valence-electron chi connectivity index (χ1n) is 9.19. The minimum absolute atomic E-state index is 0.0934. The van der Waals surface area contributed by atoms with Crippen LogP contribution in [0, 0.1) is 0 Å². The van der Waals surface area contributed by atoms with Gasteiger partial charge in [-0.05, 0) is 37.0 Å². The van der Waals surface area contributed by atoms with Gasteiger partial charge in [-0.2, -0.15) is 0 Å². The summed E-state index contributed by atoms with van der Waals surface area (Å²) >= 11 is 0. The molecule has 0 spiro atoms. The van der Waals surface area contributed by atoms with Gasteiger partial charge in [-0.15, -0.1) is 0 Å². The molecule has 0 unspecified atom stereocenters. The molecule has 0 bridgehead atoms. The number of sulfone groups is 1. The van der Waals surface area contributed by atoms with E-state index in [0.717, 1.165) is 6.26 Å². The second-order valence-corrected chi connectivity index (χ2v) is 8.78. The van der Waals surface area contributed by atoms with Gasteiger partial charge in [-0.3, -0.25) is 24.4 Å². The van der Waals surface area contributed by atoms with Crippen LogP contribution in [0.5, 0.6) is 0 Å². The van der Waals surface area contributed by atoms with E-state index in [1.807, 2.05) is 0 Å². The van der Waals surface area contributed by atoms with Crippen LogP contribution in [0.25, 0.3) is 0 Å². The van der Waals surface area contributed by atoms with Gasteiger partial charge in [0, 0.05) is 32.2 Å². The lowest BCUT2D eigenvalue weighted by atomic mass is 10.1. The van der Waals surface area contributed by atoms with Crippen molar-refractivity contribution in [3.8, 4) is 0 Å². The van der Waals surface area contributed by atoms with Crippen molar-refractivity contribution < 1.29 is 27.5 Å². The van der Waals surface area contributed by atoms with E-state index in [4.69, 9.17) is 0 Å². The summed E-state index contributed by atoms with van der Waals surface area (Å²) in [4.78, 5) is 36.4. The number of carbonyl (C=O) groups excluding carboxylic acids is 3. The van der Waals surface area contributed by atoms with Gasteiger partial charge in [-0.25, -0.2) is 8.42 Å². The Bertz CT molecular complexity index is 819. The minimum atomic E-state index is -3.28. The lowest BCUT2D eigenvalue weighted by molar-refractivity contribution is -0.157. The molecule has 0 saturated carbocycles. The molecule has 28 heavy (non-hydrogen) atoms. The van der Waals surface area contributed by atoms with E-state index in [0.29, 0.717) is 37.9 Å². The highest BCUT2D eigenvalue weighted by Crippen LogP contribution is 2.17. The Balaban J connectivity index is 1.89. The Morgan fingerprint density at radius 2 is 1.54 bits per heavy atom. The first-order chi connectivity index (χ1) is 13.2. The molecule has 2 amide bonds. The summed E-state index contributed by atoms with van der Waals surface area (Å²) in [7, 11) is -1.95. The number of amides is 2. The maximum absolute atomic E-state index is 12.6. The third-order valence-corrected chi connectivity index (χ3v) is 5.69. The molecule has 1 heterocycles. The number of hydrazine groups is 1. The molecule has 1 aliphatic rings. The number of nitrogens with zero attached hydrogens (tertiary/aromatic N) is 2. The smallest absolute Gasteiger partial charge is 0.305 e. The number of methoxy groups -OCH3 is 1. The molecule has 8 nitrogen and oxygen atoms in total. The van der Waals surface area contributed by atoms with Gasteiger partial charge in [-0.1, -0.05) is 12.1 Å². The van der Waals surface area contributed by atoms with Gasteiger partial charge in [0.25, 0.3) is 0 Å². The summed E-state index contributed by atoms with van der Waals surface area (Å²) in [5.74, 6) is -0.636. The van der Waals surface area contributed by atoms with Crippen LogP contribution >= 0.6 is 0 Å². The summed E-state index contributed by atoms with van der Waals surface area (Å²) in [5, 5.41) is 2.94. The number of benzene rings is 1. The second kappa shape index (κ2) is 9.68. The zero-order chi connectivity index (χ0) is 20.7. The predicted octanol–water partition coefficient (Wildman–Crippen LogP) is 1.34. The maximum Gasteiger partial charge on any atom is 0.305 e. The zero-order valence-corrected chi connectivity index (χ0v) is 17.0. The van der Waals surface area contributed by atoms with Gasteiger partial charge in [0.2, 0.25) is 11.8 Å². The van der Waals surface area contributed by atoms with Crippen molar-refractivity contribution in [3.05, 3.63) is 29.8 Å². The summed E-state index contributed by atoms with van der Waals surface area (Å²) < 4.78 is 27.6. The third-order valence-electron chi connectivity index (χ3n) is 4.56. The lowest BCUT2D eigenvalue weighted by Crippen LogP contribution is -2.45. The molecular formula is C19H26N2O6S. The second-order valence-electron chi connectivity index (χ2n) is 6.76. The van der Waals surface area contributed by atoms with Crippen LogP contribution in [0.15, 0.2) is 29.2 Å². The molecule has 0 radical (unpaired) electrons. The fraction of sp³-hybridized carbons (Fsp3) is 0.526. The van der Waals surface area contributed by atoms with Gasteiger partial charge in [0.15, 0.2) is 9.84 Å². The van der Waals surface area contributed by atoms with E-state index in [1.165, 1.54) is 29.3 Å². The van der Waals surface area contributed by atoms with Crippen LogP contribution in [0.4, 0.5) is 0 Å². The van der Waals surface area contributed by atoms with Gasteiger partial charge in [0.1, 0.15) is 0 Å². The Labute approximate surface area is 165 Å². The largest absolute Gasteiger partial charge is 0.469 e. The molecule has 2 rings (SSSR count). The molecule has 0 aromatic heterocycles. The van der Waals surface area contributed by atoms with Gasteiger partial charge >= 0.3 is 5.97 Å². The molecule has 154 valence electrons. The van der Waals surface area contributed by atoms with E-state index in [1.54, 1.807) is 12.1 Å². The number of carbonyl (C=O) groups is 3. The molecule has 0 atom stereocenters. The summed E-state index contributed by atoms with van der Waals surface area (Å²) in [6.07, 6.45) is 3.60. The van der Waals surface area contributed by atoms with E-state index < -0.39 is 9.84 Å². The number of esters is 1. The van der Waals surface area contributed by atoms with Crippen LogP contribution < -0.4 is 0 Å². The van der Waals surface area contributed by atoms with Crippen molar-refractivity contribution in [1.82, 2.24) is 10.0 Å². The van der Waals surface area contributed by atoms with Crippen molar-refractivity contribution in [2.45, 2.75) is 43.4 Å². The standard InChI is InChI=1S/C19H26N2O6S/c1-27-19(24)7-4-3-6-17(22)20-12-5-13-21(20)18(23)14-15-8-10-16(11-9-15)28(2,25)26/h8-11H,3-7,12-14H2,1-2H3. The highest BCUT2D eigenvalue weighted by atomic mass is 32.2. The normalized spacial score (nSPS) is 14.2. The molecule has 0 aliphatic carbocycles. The molecule has 1 aromatic rings. The number of hydrogen-bond acceptors (Lipinski definition) is 6. The molecule has 1 aromatic carbocycles. The van der Waals surface area contributed by atoms with Gasteiger partial charge in [0.05, 0.1) is 18.4 Å². The van der Waals surface area contributed by atoms with E-state index in [2.05, 4.69) is 4.74 Å². The van der Waals surface area contributed by atoms with Crippen LogP contribution in [0.2, 0.25) is 0 Å². The van der Waals surface area contributed by atoms with E-state index in [9.17, 15) is 22.8 Å². The van der Waals surface area contributed by atoms with Gasteiger partial charge < -0.3 is 4.74 Å². The SMILES string of the molecule is COC(=O)CCCCC(=O)N1CCCN1C(=O)Cc1ccc(S(C)(=O)=O)cc1. The minimum Gasteiger partial charge on any atom is -0.469 e. The van der Waals surface area contributed by atoms with Crippen LogP contribution in [-0.4, -0.2) is 62.7 Å². The third kappa shape index (κ3) is 6.05. The quantitative estimate of drug-likeness (QED) is 0.474. The van der Waals surface area contributed by atoms with Crippen LogP contribution in [-0.2, 0) is 35.4 Å². The lowest BCUT2D eigenvalue weighted by Gasteiger charge is -2.28. The van der Waals surface area contributed by atoms with Crippen molar-refractivity contribution in [1.29, 1.82) is 0 Å². The Morgan fingerprint density at radius 3 is 2.11 bits per heavy atom. The van der Waals surface area contributed by atoms with Crippen molar-refractivity contribution in [3.63, 3.8) is 0 Å². The number of unbranched alkanes of at least 4 members (excludes halogenated alkanes) is 1. The molecule has 9 heteroatoms. The Morgan fingerprint density at radius 1 is 0.964 bits per heavy atom. The highest BCUT2D eigenvalue weighted by molar-refractivity contribution is 7.90. The first kappa shape index (κ1) is 21.9. The Hall–Kier alpha value is -2.42. The molecule has 1 saturated heterocycles. The summed E-state index contributed by atoms with van der Waals surface area (Å²) in [5.41, 5.74) is 0.690. The van der Waals surface area contributed by atoms with Crippen LogP contribution in [0.3, 0.4) is 0 Å². The zero-order valence-electron chi connectivity index (χ0n) is 16.2. The topological polar surface area (TPSA) is 101 Å². The fourth-order valence-electron chi connectivity index (χ4n) is 3.03. The number of rotatable bonds is 8. The number of hydrogen-bond donors (Lipinski definition) is 0. The Kier molecular flexibility index (Phi) is 7.56. The summed E-state index contributed by atoms with van der Waals surface area (Å²) in [6, 6.07) is 6.19. The fourth-order valence-corrected chi connectivity index (χ4v) is 3.66. The average molecular weight is 410 g/mol. The molecule has 1 aliphatic heterocycles. The van der Waals surface area contributed by atoms with Crippen molar-refractivity contribution in [2.24, 2.45) is 0 Å².